The monoisotopic (exact) mass is 288 g/mol. The first-order chi connectivity index (χ1) is 10.3. The van der Waals surface area contributed by atoms with Gasteiger partial charge < -0.3 is 10.1 Å². The fourth-order valence-electron chi connectivity index (χ4n) is 3.67. The summed E-state index contributed by atoms with van der Waals surface area (Å²) in [6.45, 7) is 8.91. The van der Waals surface area contributed by atoms with Crippen LogP contribution in [0.25, 0.3) is 0 Å². The van der Waals surface area contributed by atoms with Gasteiger partial charge >= 0.3 is 0 Å². The molecule has 0 amide bonds. The molecule has 1 aromatic carbocycles. The van der Waals surface area contributed by atoms with E-state index in [9.17, 15) is 0 Å². The van der Waals surface area contributed by atoms with Crippen LogP contribution >= 0.6 is 0 Å². The van der Waals surface area contributed by atoms with Crippen LogP contribution in [0.1, 0.15) is 44.7 Å². The molecule has 116 valence electrons. The largest absolute Gasteiger partial charge is 0.494 e. The summed E-state index contributed by atoms with van der Waals surface area (Å²) in [4.78, 5) is 2.63. The standard InChI is InChI=1S/C18H28N2O/c1-3-11-21-17-8-6-15(7-9-17)14(2)20-12-16-5-4-10-19-18(16)13-20/h6-9,14,16,18-19H,3-5,10-13H2,1-2H3. The summed E-state index contributed by atoms with van der Waals surface area (Å²) in [7, 11) is 0. The third-order valence-electron chi connectivity index (χ3n) is 5.01. The van der Waals surface area contributed by atoms with Crippen molar-refractivity contribution in [1.29, 1.82) is 0 Å². The second-order valence-electron chi connectivity index (χ2n) is 6.51. The van der Waals surface area contributed by atoms with Gasteiger partial charge in [0.1, 0.15) is 5.75 Å². The molecule has 3 nitrogen and oxygen atoms in total. The second kappa shape index (κ2) is 6.80. The highest BCUT2D eigenvalue weighted by Gasteiger charge is 2.36. The molecule has 21 heavy (non-hydrogen) atoms. The minimum absolute atomic E-state index is 0.498. The van der Waals surface area contributed by atoms with Crippen LogP contribution in [0.3, 0.4) is 0 Å². The molecular formula is C18H28N2O. The molecule has 2 fully saturated rings. The van der Waals surface area contributed by atoms with E-state index in [0.717, 1.165) is 24.7 Å². The molecule has 1 aromatic rings. The van der Waals surface area contributed by atoms with Crippen LogP contribution in [-0.2, 0) is 0 Å². The summed E-state index contributed by atoms with van der Waals surface area (Å²) in [6, 6.07) is 9.90. The van der Waals surface area contributed by atoms with Crippen LogP contribution in [0.15, 0.2) is 24.3 Å². The molecule has 0 aromatic heterocycles. The number of ether oxygens (including phenoxy) is 1. The Morgan fingerprint density at radius 2 is 2.10 bits per heavy atom. The van der Waals surface area contributed by atoms with Crippen LogP contribution in [0, 0.1) is 5.92 Å². The molecule has 2 saturated heterocycles. The van der Waals surface area contributed by atoms with Crippen molar-refractivity contribution in [3.05, 3.63) is 29.8 Å². The summed E-state index contributed by atoms with van der Waals surface area (Å²) in [6.07, 6.45) is 3.79. The first kappa shape index (κ1) is 14.9. The van der Waals surface area contributed by atoms with E-state index in [4.69, 9.17) is 4.74 Å². The van der Waals surface area contributed by atoms with Crippen molar-refractivity contribution < 1.29 is 4.74 Å². The van der Waals surface area contributed by atoms with Gasteiger partial charge in [0, 0.05) is 25.2 Å². The number of rotatable bonds is 5. The number of nitrogens with zero attached hydrogens (tertiary/aromatic N) is 1. The zero-order valence-electron chi connectivity index (χ0n) is 13.3. The molecule has 0 radical (unpaired) electrons. The zero-order valence-corrected chi connectivity index (χ0v) is 13.3. The molecule has 2 heterocycles. The van der Waals surface area contributed by atoms with Crippen molar-refractivity contribution in [1.82, 2.24) is 10.2 Å². The fourth-order valence-corrected chi connectivity index (χ4v) is 3.67. The minimum Gasteiger partial charge on any atom is -0.494 e. The average Bonchev–Trinajstić information content (AvgIpc) is 2.96. The Hall–Kier alpha value is -1.06. The number of benzene rings is 1. The van der Waals surface area contributed by atoms with Gasteiger partial charge in [-0.3, -0.25) is 4.90 Å². The molecule has 3 rings (SSSR count). The van der Waals surface area contributed by atoms with Crippen molar-refractivity contribution in [2.45, 2.75) is 45.2 Å². The normalized spacial score (nSPS) is 27.3. The van der Waals surface area contributed by atoms with Crippen LogP contribution in [0.5, 0.6) is 5.75 Å². The Bertz CT molecular complexity index is 431. The van der Waals surface area contributed by atoms with Gasteiger partial charge in [-0.15, -0.1) is 0 Å². The maximum absolute atomic E-state index is 5.67. The van der Waals surface area contributed by atoms with E-state index in [1.807, 2.05) is 0 Å². The van der Waals surface area contributed by atoms with Crippen LogP contribution in [0.2, 0.25) is 0 Å². The number of piperidine rings is 1. The van der Waals surface area contributed by atoms with Crippen molar-refractivity contribution >= 4 is 0 Å². The summed E-state index contributed by atoms with van der Waals surface area (Å²) in [5.41, 5.74) is 1.40. The lowest BCUT2D eigenvalue weighted by atomic mass is 9.94. The van der Waals surface area contributed by atoms with Crippen LogP contribution in [0.4, 0.5) is 0 Å². The Kier molecular flexibility index (Phi) is 4.81. The second-order valence-corrected chi connectivity index (χ2v) is 6.51. The van der Waals surface area contributed by atoms with Crippen molar-refractivity contribution in [2.75, 3.05) is 26.2 Å². The number of fused-ring (bicyclic) bond motifs is 1. The minimum atomic E-state index is 0.498. The molecular weight excluding hydrogens is 260 g/mol. The summed E-state index contributed by atoms with van der Waals surface area (Å²) in [5.74, 6) is 1.85. The molecule has 2 aliphatic heterocycles. The van der Waals surface area contributed by atoms with Crippen molar-refractivity contribution in [2.24, 2.45) is 5.92 Å². The van der Waals surface area contributed by atoms with Gasteiger partial charge in [-0.1, -0.05) is 19.1 Å². The van der Waals surface area contributed by atoms with E-state index < -0.39 is 0 Å². The molecule has 3 unspecified atom stereocenters. The Morgan fingerprint density at radius 3 is 2.81 bits per heavy atom. The molecule has 1 N–H and O–H groups in total. The molecule has 0 saturated carbocycles. The SMILES string of the molecule is CCCOc1ccc(C(C)N2CC3CCCNC3C2)cc1. The van der Waals surface area contributed by atoms with Gasteiger partial charge in [0.15, 0.2) is 0 Å². The molecule has 0 aliphatic carbocycles. The Labute approximate surface area is 128 Å². The molecule has 3 heteroatoms. The Balaban J connectivity index is 1.61. The predicted molar refractivity (Wildman–Crippen MR) is 86.7 cm³/mol. The van der Waals surface area contributed by atoms with Gasteiger partial charge in [0.25, 0.3) is 0 Å². The van der Waals surface area contributed by atoms with Gasteiger partial charge in [0.05, 0.1) is 6.61 Å². The van der Waals surface area contributed by atoms with E-state index in [-0.39, 0.29) is 0 Å². The first-order valence-electron chi connectivity index (χ1n) is 8.48. The first-order valence-corrected chi connectivity index (χ1v) is 8.48. The van der Waals surface area contributed by atoms with E-state index >= 15 is 0 Å². The zero-order chi connectivity index (χ0) is 14.7. The lowest BCUT2D eigenvalue weighted by Gasteiger charge is -2.25. The summed E-state index contributed by atoms with van der Waals surface area (Å²) < 4.78 is 5.67. The Morgan fingerprint density at radius 1 is 1.29 bits per heavy atom. The van der Waals surface area contributed by atoms with Gasteiger partial charge in [-0.2, -0.15) is 0 Å². The van der Waals surface area contributed by atoms with Gasteiger partial charge in [-0.25, -0.2) is 0 Å². The van der Waals surface area contributed by atoms with Gasteiger partial charge in [-0.05, 0) is 56.3 Å². The van der Waals surface area contributed by atoms with Gasteiger partial charge in [0.2, 0.25) is 0 Å². The smallest absolute Gasteiger partial charge is 0.119 e. The lowest BCUT2D eigenvalue weighted by Crippen LogP contribution is -2.40. The fraction of sp³-hybridized carbons (Fsp3) is 0.667. The van der Waals surface area contributed by atoms with Crippen molar-refractivity contribution in [3.8, 4) is 5.75 Å². The number of hydrogen-bond acceptors (Lipinski definition) is 3. The van der Waals surface area contributed by atoms with E-state index in [2.05, 4.69) is 48.3 Å². The highest BCUT2D eigenvalue weighted by atomic mass is 16.5. The number of likely N-dealkylation sites (tertiary alicyclic amines) is 1. The maximum atomic E-state index is 5.67. The van der Waals surface area contributed by atoms with E-state index in [0.29, 0.717) is 12.1 Å². The third-order valence-corrected chi connectivity index (χ3v) is 5.01. The van der Waals surface area contributed by atoms with E-state index in [1.54, 1.807) is 0 Å². The topological polar surface area (TPSA) is 24.5 Å². The molecule has 3 atom stereocenters. The quantitative estimate of drug-likeness (QED) is 0.900. The predicted octanol–water partition coefficient (Wildman–Crippen LogP) is 3.22. The maximum Gasteiger partial charge on any atom is 0.119 e. The molecule has 2 aliphatic rings. The number of hydrogen-bond donors (Lipinski definition) is 1. The summed E-state index contributed by atoms with van der Waals surface area (Å²) >= 11 is 0. The summed E-state index contributed by atoms with van der Waals surface area (Å²) in [5, 5.41) is 3.69. The van der Waals surface area contributed by atoms with Crippen LogP contribution < -0.4 is 10.1 Å². The molecule has 0 bridgehead atoms. The number of nitrogens with one attached hydrogen (secondary N) is 1. The van der Waals surface area contributed by atoms with E-state index in [1.165, 1.54) is 38.0 Å². The lowest BCUT2D eigenvalue weighted by molar-refractivity contribution is 0.250. The average molecular weight is 288 g/mol. The highest BCUT2D eigenvalue weighted by Crippen LogP contribution is 2.31. The molecule has 0 spiro atoms. The van der Waals surface area contributed by atoms with Crippen LogP contribution in [-0.4, -0.2) is 37.2 Å². The van der Waals surface area contributed by atoms with Crippen molar-refractivity contribution in [3.63, 3.8) is 0 Å². The third kappa shape index (κ3) is 3.41. The highest BCUT2D eigenvalue weighted by molar-refractivity contribution is 5.29.